The molecule has 8 saturated heterocycles. The lowest BCUT2D eigenvalue weighted by Crippen LogP contribution is -2.53. The van der Waals surface area contributed by atoms with Crippen LogP contribution in [0, 0.1) is 5.92 Å². The van der Waals surface area contributed by atoms with Crippen LogP contribution in [-0.4, -0.2) is 264 Å². The van der Waals surface area contributed by atoms with Crippen molar-refractivity contribution in [3.8, 4) is 0 Å². The molecule has 12 aliphatic rings. The number of alkyl halides is 4. The summed E-state index contributed by atoms with van der Waals surface area (Å²) in [4.78, 5) is 136. The van der Waals surface area contributed by atoms with E-state index in [2.05, 4.69) is 0 Å². The summed E-state index contributed by atoms with van der Waals surface area (Å²) in [5, 5.41) is 11.2. The van der Waals surface area contributed by atoms with E-state index < -0.39 is 295 Å². The van der Waals surface area contributed by atoms with Crippen LogP contribution in [0.5, 0.6) is 0 Å². The first-order valence-corrected chi connectivity index (χ1v) is 53.3. The minimum absolute atomic E-state index is 0.0478. The van der Waals surface area contributed by atoms with E-state index in [0.29, 0.717) is 68.0 Å². The molecule has 804 valence electrons. The summed E-state index contributed by atoms with van der Waals surface area (Å²) >= 11 is 24.2. The topological polar surface area (TPSA) is 535 Å². The molecule has 4 aromatic rings. The summed E-state index contributed by atoms with van der Waals surface area (Å²) in [6.45, 7) is 7.04. The highest BCUT2D eigenvalue weighted by molar-refractivity contribution is 7.49. The number of carbonyl (C=O) groups excluding carboxylic acids is 11. The van der Waals surface area contributed by atoms with Crippen molar-refractivity contribution in [1.82, 2.24) is 19.6 Å². The standard InChI is InChI=1S/C25H31ClFN2O9P.C23H27ClFN2O9P.C23H26ClFNO10P.C21H24ClFNO9P/c1-14(2)21(28)23(32)37-22-19(36-24(25(22,3)27)29-9-7-17(30)12-20(29)31)13-35-39(33)34-10-8-18(38-39)15-5-4-6-16(26)11-15;1-13(26)21(30)35-20-18(34-22(23(20,2)25)27-8-6-16(28)11-19(27)29)12-33-37(31)32-9-7-17(36-37)14-4-3-5-15(24)10-14;1-14(27)31-13-32-21-19(35-22(23(21,2)25)26-8-6-17(28)11-20(26)29)12-34-37(30)33-9-7-18(36-37)15-4-3-5-16(24)10-15;1-21(23)19(29-12-25)17(32-20(21)24-7-5-15(26)10-18(24)27)11-31-34(28)30-8-6-16(33-34)13-3-2-4-14(22)9-13/h4-7,9,11,14,18-19,21-22,24H,8,10,12-13,28H2,1-3H3;3-6,8,10,13,17-18,20,22H,7,9,11-12,26H2,1-2H3;3-6,8,10,18-19,21-22H,7,9,11-13H2,1-2H3;2-5,7,9,16-17,19-20,25H,6,8,10-12H2,1H3/t18-,19+,21-,22+,24+,25+,39+;13-,17-,18+,20+,22+,23+,37+;18-,19+,21+,22+,23+,37+;16-,17+,19+,20+,21+,34+/m0000/s1. The van der Waals surface area contributed by atoms with Crippen LogP contribution >= 0.6 is 77.7 Å². The smallest absolute Gasteiger partial charge is 0.455 e. The molecule has 12 heterocycles. The second kappa shape index (κ2) is 49.2. The number of hydrogen-bond acceptors (Lipinski definition) is 39. The number of amides is 4. The molecule has 12 aliphatic heterocycles. The van der Waals surface area contributed by atoms with Gasteiger partial charge in [-0.2, -0.15) is 0 Å². The van der Waals surface area contributed by atoms with Crippen LogP contribution < -0.4 is 11.5 Å². The van der Waals surface area contributed by atoms with Crippen molar-refractivity contribution in [2.24, 2.45) is 17.4 Å². The second-order valence-corrected chi connectivity index (χ2v) is 44.4. The average Bonchev–Trinajstić information content (AvgIpc) is 1.61. The lowest BCUT2D eigenvalue weighted by molar-refractivity contribution is -0.169. The van der Waals surface area contributed by atoms with Crippen molar-refractivity contribution >= 4 is 142 Å². The summed E-state index contributed by atoms with van der Waals surface area (Å²) in [5.41, 5.74) is 4.63. The fraction of sp³-hybridized carbons (Fsp3) is 0.533. The number of ketones is 4. The zero-order valence-corrected chi connectivity index (χ0v) is 86.6. The number of halogens is 8. The van der Waals surface area contributed by atoms with Gasteiger partial charge in [0.1, 0.15) is 55.5 Å². The number of benzene rings is 4. The SMILES string of the molecule is CC(=O)OCO[C@@H]1[C@@H](CO[P@@]2(=O)OCC[C@@H](c3cccc(Cl)c3)O2)O[C@@H](N2C=CC(=O)CC2=O)[C@]1(C)F.CC(C)[C@H](N)C(=O)O[C@@H]1[C@@H](CO[P@@]2(=O)OCC[C@@H](c3cccc(Cl)c3)O2)O[C@@H](N2C=CC(=O)CC2=O)[C@]1(C)F.C[C@@]1(F)[C@H](OCO)[C@@H](CO[P@@]2(=O)OCC[C@@H](c3cccc(Cl)c3)O2)O[C@H]1N1C=CC(=O)CC1=O.C[C@H](N)C(=O)O[C@@H]1[C@@H](CO[P@@]2(=O)OCC[C@@H](c3cccc(Cl)c3)O2)O[C@@H](N2C=CC(=O)CC2=O)[C@]1(C)F. The number of rotatable bonds is 30. The molecule has 0 radical (unpaired) electrons. The molecule has 4 amide bonds. The van der Waals surface area contributed by atoms with Gasteiger partial charge in [0.2, 0.25) is 23.6 Å². The highest BCUT2D eigenvalue weighted by Crippen LogP contribution is 2.62. The van der Waals surface area contributed by atoms with Crippen molar-refractivity contribution in [2.45, 2.75) is 240 Å². The van der Waals surface area contributed by atoms with Crippen LogP contribution in [0.4, 0.5) is 17.6 Å². The molecular weight excluding hydrogens is 2120 g/mol. The van der Waals surface area contributed by atoms with E-state index in [9.17, 15) is 76.1 Å². The molecule has 43 nitrogen and oxygen atoms in total. The molecule has 8 fully saturated rings. The first-order chi connectivity index (χ1) is 69.3. The summed E-state index contributed by atoms with van der Waals surface area (Å²) < 4.78 is 232. The Labute approximate surface area is 859 Å². The molecule has 0 unspecified atom stereocenters. The first-order valence-electron chi connectivity index (χ1n) is 46.0. The van der Waals surface area contributed by atoms with Gasteiger partial charge in [0.15, 0.2) is 89.7 Å². The largest absolute Gasteiger partial charge is 0.475 e. The quantitative estimate of drug-likeness (QED) is 0.0109. The highest BCUT2D eigenvalue weighted by atomic mass is 35.5. The van der Waals surface area contributed by atoms with Gasteiger partial charge in [0, 0.05) is 77.5 Å². The lowest BCUT2D eigenvalue weighted by atomic mass is 9.96. The minimum atomic E-state index is -4.16. The molecule has 0 spiro atoms. The normalized spacial score (nSPS) is 34.8. The maximum absolute atomic E-state index is 16.3. The maximum atomic E-state index is 16.3. The van der Waals surface area contributed by atoms with Crippen LogP contribution in [0.2, 0.25) is 20.1 Å². The van der Waals surface area contributed by atoms with Crippen molar-refractivity contribution in [1.29, 1.82) is 0 Å². The predicted octanol–water partition coefficient (Wildman–Crippen LogP) is 13.2. The van der Waals surface area contributed by atoms with Gasteiger partial charge in [-0.15, -0.1) is 0 Å². The number of phosphoric ester groups is 4. The molecule has 0 aromatic heterocycles. The number of aliphatic hydroxyl groups excluding tert-OH is 1. The molecule has 5 N–H and O–H groups in total. The zero-order chi connectivity index (χ0) is 107. The molecule has 26 atom stereocenters. The second-order valence-electron chi connectivity index (χ2n) is 36.1. The van der Waals surface area contributed by atoms with E-state index in [-0.39, 0.29) is 32.3 Å². The van der Waals surface area contributed by atoms with Crippen LogP contribution in [0.3, 0.4) is 0 Å². The van der Waals surface area contributed by atoms with Crippen LogP contribution in [0.25, 0.3) is 0 Å². The molecular formula is C92H108Cl4F4N6O37P4. The van der Waals surface area contributed by atoms with Gasteiger partial charge >= 0.3 is 49.2 Å². The Hall–Kier alpha value is -8.23. The van der Waals surface area contributed by atoms with E-state index in [1.54, 1.807) is 111 Å². The number of hydrogen-bond donors (Lipinski definition) is 3. The van der Waals surface area contributed by atoms with Crippen LogP contribution in [-0.2, 0) is 168 Å². The molecule has 16 rings (SSSR count). The predicted molar refractivity (Wildman–Crippen MR) is 502 cm³/mol. The van der Waals surface area contributed by atoms with E-state index in [4.69, 9.17) is 155 Å². The van der Waals surface area contributed by atoms with E-state index in [0.717, 1.165) is 103 Å². The summed E-state index contributed by atoms with van der Waals surface area (Å²) in [7, 11) is -16.5. The fourth-order valence-corrected chi connectivity index (χ4v) is 23.4. The fourth-order valence-electron chi connectivity index (χ4n) is 17.0. The van der Waals surface area contributed by atoms with Crippen molar-refractivity contribution in [2.75, 3.05) is 66.4 Å². The molecule has 4 aromatic carbocycles. The Balaban J connectivity index is 0.000000164. The van der Waals surface area contributed by atoms with Gasteiger partial charge in [0.25, 0.3) is 0 Å². The van der Waals surface area contributed by atoms with Gasteiger partial charge < -0.3 is 59.2 Å². The Morgan fingerprint density at radius 3 is 0.925 bits per heavy atom. The Morgan fingerprint density at radius 2 is 0.680 bits per heavy atom. The van der Waals surface area contributed by atoms with Gasteiger partial charge in [-0.1, -0.05) is 109 Å². The van der Waals surface area contributed by atoms with E-state index >= 15 is 17.6 Å². The molecule has 55 heteroatoms. The van der Waals surface area contributed by atoms with Gasteiger partial charge in [-0.05, 0) is 136 Å². The van der Waals surface area contributed by atoms with Gasteiger partial charge in [-0.3, -0.25) is 127 Å². The number of esters is 3. The number of ether oxygens (including phenoxy) is 9. The third-order valence-corrected chi connectivity index (χ3v) is 31.3. The average molecular weight is 2230 g/mol. The molecule has 147 heavy (non-hydrogen) atoms. The molecule has 0 bridgehead atoms. The third kappa shape index (κ3) is 28.8. The summed E-state index contributed by atoms with van der Waals surface area (Å²) in [6.07, 6.45) is -11.0. The first kappa shape index (κ1) is 116. The van der Waals surface area contributed by atoms with Crippen molar-refractivity contribution in [3.63, 3.8) is 0 Å². The third-order valence-electron chi connectivity index (χ3n) is 24.5. The number of nitrogens with zero attached hydrogens (tertiary/aromatic N) is 4. The van der Waals surface area contributed by atoms with Crippen molar-refractivity contribution in [3.05, 3.63) is 189 Å². The van der Waals surface area contributed by atoms with Gasteiger partial charge in [0.05, 0.1) is 103 Å². The van der Waals surface area contributed by atoms with Crippen LogP contribution in [0.1, 0.15) is 153 Å². The molecule has 0 aliphatic carbocycles. The lowest BCUT2D eigenvalue weighted by Gasteiger charge is -2.34. The Morgan fingerprint density at radius 1 is 0.422 bits per heavy atom. The Kier molecular flexibility index (Phi) is 38.8. The summed E-state index contributed by atoms with van der Waals surface area (Å²) in [6, 6.07) is 25.3. The van der Waals surface area contributed by atoms with Crippen LogP contribution in [0.15, 0.2) is 146 Å². The number of nitrogens with two attached hydrogens (primary N) is 2. The minimum Gasteiger partial charge on any atom is -0.455 e. The van der Waals surface area contributed by atoms with Gasteiger partial charge in [-0.25, -0.2) is 35.8 Å². The number of aliphatic hydroxyl groups is 1. The van der Waals surface area contributed by atoms with E-state index in [1.165, 1.54) is 6.92 Å². The number of carbonyl (C=O) groups is 11. The monoisotopic (exact) mass is 2230 g/mol. The van der Waals surface area contributed by atoms with E-state index in [1.807, 2.05) is 0 Å². The van der Waals surface area contributed by atoms with Crippen molar-refractivity contribution < 1.29 is 191 Å². The summed E-state index contributed by atoms with van der Waals surface area (Å²) in [5.74, 6) is -7.22. The Bertz CT molecular complexity index is 5870. The number of phosphoric acid groups is 4. The molecule has 0 saturated carbocycles. The maximum Gasteiger partial charge on any atom is 0.475 e. The number of allylic oxidation sites excluding steroid dienone is 4. The zero-order valence-electron chi connectivity index (χ0n) is 80.0. The highest BCUT2D eigenvalue weighted by Gasteiger charge is 2.65.